The summed E-state index contributed by atoms with van der Waals surface area (Å²) in [4.78, 5) is 26.0. The molecule has 0 unspecified atom stereocenters. The van der Waals surface area contributed by atoms with Crippen LogP contribution >= 0.6 is 12.2 Å². The number of amides is 2. The fourth-order valence-electron chi connectivity index (χ4n) is 2.39. The first-order chi connectivity index (χ1) is 11.5. The van der Waals surface area contributed by atoms with Crippen molar-refractivity contribution >= 4 is 34.8 Å². The fraction of sp³-hybridized carbons (Fsp3) is 0.471. The van der Waals surface area contributed by atoms with Crippen molar-refractivity contribution in [2.24, 2.45) is 5.92 Å². The van der Waals surface area contributed by atoms with Crippen LogP contribution in [0.2, 0.25) is 0 Å². The van der Waals surface area contributed by atoms with Crippen LogP contribution < -0.4 is 10.6 Å². The number of carbonyl (C=O) groups excluding carboxylic acids is 2. The van der Waals surface area contributed by atoms with E-state index in [9.17, 15) is 9.59 Å². The lowest BCUT2D eigenvalue weighted by molar-refractivity contribution is -0.120. The van der Waals surface area contributed by atoms with Gasteiger partial charge in [0.05, 0.1) is 13.2 Å². The monoisotopic (exact) mass is 349 g/mol. The number of morpholine rings is 1. The van der Waals surface area contributed by atoms with E-state index in [0.29, 0.717) is 44.0 Å². The lowest BCUT2D eigenvalue weighted by Gasteiger charge is -2.27. The maximum Gasteiger partial charge on any atom is 0.254 e. The van der Waals surface area contributed by atoms with Crippen molar-refractivity contribution < 1.29 is 14.3 Å². The fourth-order valence-corrected chi connectivity index (χ4v) is 2.62. The predicted octanol–water partition coefficient (Wildman–Crippen LogP) is 2.02. The van der Waals surface area contributed by atoms with Gasteiger partial charge in [-0.05, 0) is 36.3 Å². The highest BCUT2D eigenvalue weighted by Crippen LogP contribution is 2.14. The van der Waals surface area contributed by atoms with Gasteiger partial charge in [0, 0.05) is 30.8 Å². The molecule has 1 aliphatic rings. The Morgan fingerprint density at radius 1 is 1.29 bits per heavy atom. The molecule has 1 aliphatic heterocycles. The molecule has 0 spiro atoms. The molecule has 2 rings (SSSR count). The van der Waals surface area contributed by atoms with Crippen LogP contribution in [0.5, 0.6) is 0 Å². The molecule has 0 saturated carbocycles. The van der Waals surface area contributed by atoms with Crippen LogP contribution in [0.15, 0.2) is 24.3 Å². The molecule has 6 nitrogen and oxygen atoms in total. The van der Waals surface area contributed by atoms with E-state index in [0.717, 1.165) is 0 Å². The average molecular weight is 349 g/mol. The van der Waals surface area contributed by atoms with Gasteiger partial charge in [-0.2, -0.15) is 0 Å². The van der Waals surface area contributed by atoms with Gasteiger partial charge in [-0.15, -0.1) is 0 Å². The molecule has 2 N–H and O–H groups in total. The SMILES string of the molecule is CC(C)CC(=O)NC(=S)Nc1cccc(C(=O)N2CCOCC2)c1. The Labute approximate surface area is 147 Å². The summed E-state index contributed by atoms with van der Waals surface area (Å²) in [6.45, 7) is 6.26. The van der Waals surface area contributed by atoms with Crippen LogP contribution in [0, 0.1) is 5.92 Å². The molecule has 0 radical (unpaired) electrons. The zero-order valence-corrected chi connectivity index (χ0v) is 14.8. The number of thiocarbonyl (C=S) groups is 1. The number of hydrogen-bond donors (Lipinski definition) is 2. The van der Waals surface area contributed by atoms with Crippen molar-refractivity contribution in [2.45, 2.75) is 20.3 Å². The van der Waals surface area contributed by atoms with Crippen molar-refractivity contribution in [1.82, 2.24) is 10.2 Å². The van der Waals surface area contributed by atoms with E-state index in [4.69, 9.17) is 17.0 Å². The minimum Gasteiger partial charge on any atom is -0.378 e. The van der Waals surface area contributed by atoms with E-state index in [-0.39, 0.29) is 22.8 Å². The number of nitrogens with zero attached hydrogens (tertiary/aromatic N) is 1. The van der Waals surface area contributed by atoms with Gasteiger partial charge in [0.1, 0.15) is 0 Å². The molecule has 24 heavy (non-hydrogen) atoms. The van der Waals surface area contributed by atoms with Gasteiger partial charge >= 0.3 is 0 Å². The summed E-state index contributed by atoms with van der Waals surface area (Å²) in [5.74, 6) is 0.113. The minimum atomic E-state index is -0.122. The number of hydrogen-bond acceptors (Lipinski definition) is 4. The van der Waals surface area contributed by atoms with Crippen LogP contribution in [0.25, 0.3) is 0 Å². The van der Waals surface area contributed by atoms with Crippen molar-refractivity contribution in [2.75, 3.05) is 31.6 Å². The van der Waals surface area contributed by atoms with Crippen LogP contribution in [0.4, 0.5) is 5.69 Å². The van der Waals surface area contributed by atoms with Crippen molar-refractivity contribution in [3.63, 3.8) is 0 Å². The number of carbonyl (C=O) groups is 2. The Hall–Kier alpha value is -1.99. The summed E-state index contributed by atoms with van der Waals surface area (Å²) in [5.41, 5.74) is 1.25. The van der Waals surface area contributed by atoms with Crippen molar-refractivity contribution in [1.29, 1.82) is 0 Å². The zero-order valence-electron chi connectivity index (χ0n) is 14.0. The third-order valence-corrected chi connectivity index (χ3v) is 3.72. The summed E-state index contributed by atoms with van der Waals surface area (Å²) >= 11 is 5.14. The van der Waals surface area contributed by atoms with Crippen LogP contribution in [0.1, 0.15) is 30.6 Å². The second-order valence-corrected chi connectivity index (χ2v) is 6.49. The normalized spacial score (nSPS) is 14.4. The summed E-state index contributed by atoms with van der Waals surface area (Å²) in [7, 11) is 0. The maximum absolute atomic E-state index is 12.5. The van der Waals surface area contributed by atoms with Gasteiger partial charge < -0.3 is 20.3 Å². The van der Waals surface area contributed by atoms with Crippen LogP contribution in [0.3, 0.4) is 0 Å². The summed E-state index contributed by atoms with van der Waals surface area (Å²) in [5, 5.41) is 5.82. The van der Waals surface area contributed by atoms with E-state index < -0.39 is 0 Å². The molecule has 0 aromatic heterocycles. The largest absolute Gasteiger partial charge is 0.378 e. The summed E-state index contributed by atoms with van der Waals surface area (Å²) < 4.78 is 5.26. The van der Waals surface area contributed by atoms with Gasteiger partial charge in [-0.3, -0.25) is 9.59 Å². The van der Waals surface area contributed by atoms with Gasteiger partial charge in [0.25, 0.3) is 5.91 Å². The molecule has 7 heteroatoms. The molecular weight excluding hydrogens is 326 g/mol. The standard InChI is InChI=1S/C17H23N3O3S/c1-12(2)10-15(21)19-17(24)18-14-5-3-4-13(11-14)16(22)20-6-8-23-9-7-20/h3-5,11-12H,6-10H2,1-2H3,(H2,18,19,21,24). The van der Waals surface area contributed by atoms with Crippen molar-refractivity contribution in [3.8, 4) is 0 Å². The third kappa shape index (κ3) is 5.58. The Bertz CT molecular complexity index is 613. The van der Waals surface area contributed by atoms with E-state index in [1.165, 1.54) is 0 Å². The number of rotatable bonds is 4. The van der Waals surface area contributed by atoms with Gasteiger partial charge in [0.15, 0.2) is 5.11 Å². The molecule has 1 aromatic carbocycles. The lowest BCUT2D eigenvalue weighted by atomic mass is 10.1. The first kappa shape index (κ1) is 18.4. The Kier molecular flexibility index (Phi) is 6.69. The second kappa shape index (κ2) is 8.75. The molecule has 0 aliphatic carbocycles. The van der Waals surface area contributed by atoms with E-state index in [2.05, 4.69) is 10.6 Å². The van der Waals surface area contributed by atoms with E-state index >= 15 is 0 Å². The third-order valence-electron chi connectivity index (χ3n) is 3.51. The second-order valence-electron chi connectivity index (χ2n) is 6.09. The van der Waals surface area contributed by atoms with Gasteiger partial charge in [-0.25, -0.2) is 0 Å². The molecule has 2 amide bonds. The average Bonchev–Trinajstić information content (AvgIpc) is 2.54. The molecule has 0 atom stereocenters. The van der Waals surface area contributed by atoms with Crippen LogP contribution in [-0.4, -0.2) is 48.1 Å². The highest BCUT2D eigenvalue weighted by atomic mass is 32.1. The smallest absolute Gasteiger partial charge is 0.254 e. The summed E-state index contributed by atoms with van der Waals surface area (Å²) in [6, 6.07) is 7.09. The van der Waals surface area contributed by atoms with Gasteiger partial charge in [-0.1, -0.05) is 19.9 Å². The first-order valence-corrected chi connectivity index (χ1v) is 8.44. The van der Waals surface area contributed by atoms with Crippen molar-refractivity contribution in [3.05, 3.63) is 29.8 Å². The highest BCUT2D eigenvalue weighted by Gasteiger charge is 2.18. The number of nitrogens with one attached hydrogen (secondary N) is 2. The molecular formula is C17H23N3O3S. The van der Waals surface area contributed by atoms with Gasteiger partial charge in [0.2, 0.25) is 5.91 Å². The number of anilines is 1. The Morgan fingerprint density at radius 3 is 2.67 bits per heavy atom. The Morgan fingerprint density at radius 2 is 2.00 bits per heavy atom. The molecule has 1 aromatic rings. The number of benzene rings is 1. The topological polar surface area (TPSA) is 70.7 Å². The Balaban J connectivity index is 1.95. The van der Waals surface area contributed by atoms with E-state index in [1.807, 2.05) is 13.8 Å². The summed E-state index contributed by atoms with van der Waals surface area (Å²) in [6.07, 6.45) is 0.414. The van der Waals surface area contributed by atoms with Crippen LogP contribution in [-0.2, 0) is 9.53 Å². The quantitative estimate of drug-likeness (QED) is 0.814. The maximum atomic E-state index is 12.5. The lowest BCUT2D eigenvalue weighted by Crippen LogP contribution is -2.40. The predicted molar refractivity (Wildman–Crippen MR) is 97.0 cm³/mol. The zero-order chi connectivity index (χ0) is 17.5. The molecule has 130 valence electrons. The van der Waals surface area contributed by atoms with E-state index in [1.54, 1.807) is 29.2 Å². The molecule has 0 bridgehead atoms. The minimum absolute atomic E-state index is 0.0308. The number of ether oxygens (including phenoxy) is 1. The first-order valence-electron chi connectivity index (χ1n) is 8.03. The molecule has 1 fully saturated rings. The molecule has 1 saturated heterocycles. The molecule has 1 heterocycles. The highest BCUT2D eigenvalue weighted by molar-refractivity contribution is 7.80.